The van der Waals surface area contributed by atoms with Crippen molar-refractivity contribution in [3.63, 3.8) is 0 Å². The monoisotopic (exact) mass is 407 g/mol. The van der Waals surface area contributed by atoms with Gasteiger partial charge in [0.25, 0.3) is 5.91 Å². The number of nitrogens with zero attached hydrogens (tertiary/aromatic N) is 2. The molecule has 2 aromatic rings. The summed E-state index contributed by atoms with van der Waals surface area (Å²) >= 11 is 0. The number of carbonyl (C=O) groups is 3. The first-order valence-electron chi connectivity index (χ1n) is 9.63. The number of benzene rings is 1. The van der Waals surface area contributed by atoms with Crippen LogP contribution in [0.4, 0.5) is 0 Å². The molecule has 1 fully saturated rings. The van der Waals surface area contributed by atoms with Crippen LogP contribution in [0.5, 0.6) is 0 Å². The van der Waals surface area contributed by atoms with Crippen LogP contribution in [0.15, 0.2) is 54.5 Å². The molecule has 4 rings (SSSR count). The first kappa shape index (κ1) is 19.8. The van der Waals surface area contributed by atoms with E-state index in [0.29, 0.717) is 23.1 Å². The highest BCUT2D eigenvalue weighted by molar-refractivity contribution is 6.06. The number of aromatic nitrogens is 1. The number of aliphatic carboxylic acids is 1. The molecule has 3 heterocycles. The van der Waals surface area contributed by atoms with Crippen molar-refractivity contribution in [1.82, 2.24) is 15.2 Å². The maximum Gasteiger partial charge on any atom is 0.352 e. The minimum Gasteiger partial charge on any atom is -0.477 e. The van der Waals surface area contributed by atoms with E-state index in [1.54, 1.807) is 37.4 Å². The van der Waals surface area contributed by atoms with E-state index >= 15 is 0 Å². The molecule has 0 unspecified atom stereocenters. The average molecular weight is 407 g/mol. The molecule has 2 amide bonds. The van der Waals surface area contributed by atoms with Crippen molar-refractivity contribution in [2.24, 2.45) is 5.92 Å². The average Bonchev–Trinajstić information content (AvgIpc) is 3.08. The summed E-state index contributed by atoms with van der Waals surface area (Å²) < 4.78 is 0. The fourth-order valence-corrected chi connectivity index (χ4v) is 4.18. The largest absolute Gasteiger partial charge is 0.477 e. The molecule has 3 N–H and O–H groups in total. The van der Waals surface area contributed by atoms with Gasteiger partial charge < -0.3 is 20.4 Å². The Morgan fingerprint density at radius 2 is 2.10 bits per heavy atom. The molecule has 1 aromatic heterocycles. The lowest BCUT2D eigenvalue weighted by Gasteiger charge is -2.44. The van der Waals surface area contributed by atoms with Crippen molar-refractivity contribution in [1.29, 1.82) is 0 Å². The standard InChI is InChI=1S/C22H21N3O5/c1-12(26)18-17-9-16(19(22(29)30)25(17)21(18)28)14-5-2-4-13(8-14)10-24-20(27)15-6-3-7-23-11-15/h2-8,11-12,17-18,26H,9-10H2,1H3,(H,24,27)(H,29,30)/t12-,17-,18-/m1/s1. The number of hydrogen-bond donors (Lipinski definition) is 3. The topological polar surface area (TPSA) is 120 Å². The van der Waals surface area contributed by atoms with Crippen molar-refractivity contribution >= 4 is 23.4 Å². The third-order valence-corrected chi connectivity index (χ3v) is 5.58. The first-order chi connectivity index (χ1) is 14.4. The fraction of sp³-hybridized carbons (Fsp3) is 0.273. The minimum absolute atomic E-state index is 0.0292. The summed E-state index contributed by atoms with van der Waals surface area (Å²) in [5.74, 6) is -2.37. The lowest BCUT2D eigenvalue weighted by Crippen LogP contribution is -2.61. The Kier molecular flexibility index (Phi) is 5.09. The van der Waals surface area contributed by atoms with Crippen molar-refractivity contribution in [2.45, 2.75) is 32.0 Å². The Morgan fingerprint density at radius 3 is 2.77 bits per heavy atom. The Bertz CT molecular complexity index is 1050. The van der Waals surface area contributed by atoms with Gasteiger partial charge in [0.1, 0.15) is 5.70 Å². The summed E-state index contributed by atoms with van der Waals surface area (Å²) in [7, 11) is 0. The molecule has 1 aromatic carbocycles. The molecule has 0 radical (unpaired) electrons. The number of carboxylic acid groups (broad SMARTS) is 1. The normalized spacial score (nSPS) is 21.1. The van der Waals surface area contributed by atoms with Gasteiger partial charge in [-0.25, -0.2) is 4.79 Å². The minimum atomic E-state index is -1.17. The van der Waals surface area contributed by atoms with Crippen LogP contribution in [-0.4, -0.2) is 50.0 Å². The number of aliphatic hydroxyl groups excluding tert-OH is 1. The molecular formula is C22H21N3O5. The molecule has 30 heavy (non-hydrogen) atoms. The Labute approximate surface area is 172 Å². The van der Waals surface area contributed by atoms with Crippen LogP contribution in [0.25, 0.3) is 5.57 Å². The van der Waals surface area contributed by atoms with Gasteiger partial charge >= 0.3 is 5.97 Å². The third kappa shape index (κ3) is 3.35. The highest BCUT2D eigenvalue weighted by Crippen LogP contribution is 2.46. The SMILES string of the molecule is C[C@@H](O)[C@H]1C(=O)N2C(C(=O)O)=C(c3cccc(CNC(=O)c4cccnc4)c3)C[C@H]12. The maximum atomic E-state index is 12.4. The van der Waals surface area contributed by atoms with E-state index in [-0.39, 0.29) is 30.1 Å². The molecule has 2 aliphatic rings. The number of pyridine rings is 1. The fourth-order valence-electron chi connectivity index (χ4n) is 4.18. The number of amides is 2. The second-order valence-electron chi connectivity index (χ2n) is 7.50. The van der Waals surface area contributed by atoms with E-state index < -0.39 is 18.0 Å². The molecule has 154 valence electrons. The molecule has 3 atom stereocenters. The van der Waals surface area contributed by atoms with Gasteiger partial charge in [0, 0.05) is 18.9 Å². The number of β-lactam (4-membered cyclic amide) rings is 1. The van der Waals surface area contributed by atoms with E-state index in [4.69, 9.17) is 0 Å². The molecule has 0 spiro atoms. The van der Waals surface area contributed by atoms with Crippen molar-refractivity contribution in [3.8, 4) is 0 Å². The van der Waals surface area contributed by atoms with Gasteiger partial charge in [0.2, 0.25) is 5.91 Å². The zero-order chi connectivity index (χ0) is 21.4. The molecule has 0 saturated carbocycles. The molecule has 0 aliphatic carbocycles. The number of fused-ring (bicyclic) bond motifs is 1. The Balaban J connectivity index is 1.55. The van der Waals surface area contributed by atoms with Gasteiger partial charge in [-0.15, -0.1) is 0 Å². The van der Waals surface area contributed by atoms with Crippen LogP contribution in [-0.2, 0) is 16.1 Å². The summed E-state index contributed by atoms with van der Waals surface area (Å²) in [4.78, 5) is 41.7. The second-order valence-corrected chi connectivity index (χ2v) is 7.50. The summed E-state index contributed by atoms with van der Waals surface area (Å²) in [6.07, 6.45) is 2.61. The smallest absolute Gasteiger partial charge is 0.352 e. The Hall–Kier alpha value is -3.52. The summed E-state index contributed by atoms with van der Waals surface area (Å²) in [5, 5.41) is 22.4. The van der Waals surface area contributed by atoms with Gasteiger partial charge in [-0.1, -0.05) is 18.2 Å². The van der Waals surface area contributed by atoms with Crippen molar-refractivity contribution < 1.29 is 24.6 Å². The molecule has 2 aliphatic heterocycles. The van der Waals surface area contributed by atoms with E-state index in [9.17, 15) is 24.6 Å². The summed E-state index contributed by atoms with van der Waals surface area (Å²) in [5.41, 5.74) is 2.47. The molecule has 0 bridgehead atoms. The third-order valence-electron chi connectivity index (χ3n) is 5.58. The van der Waals surface area contributed by atoms with Gasteiger partial charge in [-0.3, -0.25) is 14.6 Å². The lowest BCUT2D eigenvalue weighted by molar-refractivity contribution is -0.161. The zero-order valence-corrected chi connectivity index (χ0v) is 16.3. The number of carboxylic acids is 1. The molecule has 8 nitrogen and oxygen atoms in total. The van der Waals surface area contributed by atoms with Crippen LogP contribution in [0.1, 0.15) is 34.8 Å². The Morgan fingerprint density at radius 1 is 1.30 bits per heavy atom. The zero-order valence-electron chi connectivity index (χ0n) is 16.3. The number of rotatable bonds is 6. The van der Waals surface area contributed by atoms with Crippen LogP contribution in [0, 0.1) is 5.92 Å². The second kappa shape index (κ2) is 7.72. The number of aliphatic hydroxyl groups is 1. The lowest BCUT2D eigenvalue weighted by atomic mass is 9.82. The molecule has 8 heteroatoms. The highest BCUT2D eigenvalue weighted by Gasteiger charge is 2.56. The quantitative estimate of drug-likeness (QED) is 0.623. The van der Waals surface area contributed by atoms with Crippen molar-refractivity contribution in [3.05, 3.63) is 71.2 Å². The van der Waals surface area contributed by atoms with Crippen LogP contribution < -0.4 is 5.32 Å². The first-order valence-corrected chi connectivity index (χ1v) is 9.63. The van der Waals surface area contributed by atoms with Gasteiger partial charge in [0.15, 0.2) is 0 Å². The van der Waals surface area contributed by atoms with E-state index in [2.05, 4.69) is 10.3 Å². The highest BCUT2D eigenvalue weighted by atomic mass is 16.4. The van der Waals surface area contributed by atoms with Gasteiger partial charge in [-0.2, -0.15) is 0 Å². The maximum absolute atomic E-state index is 12.4. The van der Waals surface area contributed by atoms with Gasteiger partial charge in [-0.05, 0) is 48.2 Å². The number of carbonyl (C=O) groups excluding carboxylic acids is 2. The van der Waals surface area contributed by atoms with Crippen LogP contribution >= 0.6 is 0 Å². The predicted octanol–water partition coefficient (Wildman–Crippen LogP) is 1.42. The number of hydrogen-bond acceptors (Lipinski definition) is 5. The summed E-state index contributed by atoms with van der Waals surface area (Å²) in [6.45, 7) is 1.81. The summed E-state index contributed by atoms with van der Waals surface area (Å²) in [6, 6.07) is 10.2. The van der Waals surface area contributed by atoms with E-state index in [1.165, 1.54) is 11.1 Å². The van der Waals surface area contributed by atoms with E-state index in [1.807, 2.05) is 12.1 Å². The van der Waals surface area contributed by atoms with Crippen LogP contribution in [0.2, 0.25) is 0 Å². The molecule has 1 saturated heterocycles. The predicted molar refractivity (Wildman–Crippen MR) is 107 cm³/mol. The van der Waals surface area contributed by atoms with E-state index in [0.717, 1.165) is 5.56 Å². The van der Waals surface area contributed by atoms with Gasteiger partial charge in [0.05, 0.1) is 23.6 Å². The molecular weight excluding hydrogens is 386 g/mol. The number of nitrogens with one attached hydrogen (secondary N) is 1. The van der Waals surface area contributed by atoms with Crippen molar-refractivity contribution in [2.75, 3.05) is 0 Å². The van der Waals surface area contributed by atoms with Crippen LogP contribution in [0.3, 0.4) is 0 Å².